The Labute approximate surface area is 111 Å². The molecule has 1 saturated heterocycles. The van der Waals surface area contributed by atoms with Gasteiger partial charge in [-0.2, -0.15) is 25.5 Å². The molecule has 0 unspecified atom stereocenters. The molecule has 1 fully saturated rings. The number of fused-ring (bicyclic) bond motifs is 1. The lowest BCUT2D eigenvalue weighted by molar-refractivity contribution is 0.905. The lowest BCUT2D eigenvalue weighted by Crippen LogP contribution is -2.24. The largest absolute Gasteiger partial charge is 0.279 e. The Kier molecular flexibility index (Phi) is 2.57. The Morgan fingerprint density at radius 3 is 2.44 bits per heavy atom. The summed E-state index contributed by atoms with van der Waals surface area (Å²) in [5, 5.41) is 4.27. The fraction of sp³-hybridized carbons (Fsp3) is 0.500. The van der Waals surface area contributed by atoms with Crippen molar-refractivity contribution >= 4 is 31.8 Å². The number of hydrogen-bond acceptors (Lipinski definition) is 3. The van der Waals surface area contributed by atoms with Crippen LogP contribution in [0.3, 0.4) is 0 Å². The van der Waals surface area contributed by atoms with E-state index in [1.54, 1.807) is 6.33 Å². The third-order valence-corrected chi connectivity index (χ3v) is 10.7. The number of hydrogen-bond donors (Lipinski definition) is 0. The minimum atomic E-state index is -0.750. The quantitative estimate of drug-likeness (QED) is 0.807. The summed E-state index contributed by atoms with van der Waals surface area (Å²) in [6.07, 6.45) is 13.3. The highest BCUT2D eigenvalue weighted by atomic mass is 32.3. The first-order valence-corrected chi connectivity index (χ1v) is 11.1. The molecule has 0 saturated carbocycles. The second kappa shape index (κ2) is 3.81. The second-order valence-electron chi connectivity index (χ2n) is 5.55. The molecule has 18 heavy (non-hydrogen) atoms. The normalized spacial score (nSPS) is 25.2. The zero-order valence-electron chi connectivity index (χ0n) is 11.3. The fourth-order valence-corrected chi connectivity index (χ4v) is 12.2. The van der Waals surface area contributed by atoms with E-state index in [1.807, 2.05) is 16.8 Å². The Hall–Kier alpha value is -0.880. The van der Waals surface area contributed by atoms with Gasteiger partial charge in [-0.1, -0.05) is 0 Å². The molecular weight excluding hydrogens is 264 g/mol. The molecule has 0 atom stereocenters. The molecule has 0 bridgehead atoms. The minimum absolute atomic E-state index is 0.750. The number of nitrogens with zero attached hydrogens (tertiary/aromatic N) is 4. The lowest BCUT2D eigenvalue weighted by atomic mass is 10.5. The van der Waals surface area contributed by atoms with Gasteiger partial charge < -0.3 is 0 Å². The first-order chi connectivity index (χ1) is 8.42. The maximum Gasteiger partial charge on any atom is 0.173 e. The van der Waals surface area contributed by atoms with Crippen molar-refractivity contribution < 1.29 is 0 Å². The van der Waals surface area contributed by atoms with Crippen LogP contribution in [0.5, 0.6) is 0 Å². The van der Waals surface area contributed by atoms with Crippen molar-refractivity contribution in [2.75, 3.05) is 40.2 Å². The highest BCUT2D eigenvalue weighted by molar-refractivity contribution is 8.52. The summed E-state index contributed by atoms with van der Waals surface area (Å²) in [5.41, 5.74) is 1.13. The van der Waals surface area contributed by atoms with Crippen LogP contribution in [0.15, 0.2) is 24.7 Å². The molecule has 1 aliphatic heterocycles. The zero-order chi connectivity index (χ0) is 13.0. The van der Waals surface area contributed by atoms with Crippen LogP contribution in [-0.2, 0) is 0 Å². The summed E-state index contributed by atoms with van der Waals surface area (Å²) >= 11 is 0. The third-order valence-electron chi connectivity index (χ3n) is 3.47. The average molecular weight is 284 g/mol. The van der Waals surface area contributed by atoms with Crippen molar-refractivity contribution in [3.63, 3.8) is 0 Å². The molecule has 2 aromatic heterocycles. The molecule has 0 spiro atoms. The zero-order valence-corrected chi connectivity index (χ0v) is 13.0. The summed E-state index contributed by atoms with van der Waals surface area (Å²) < 4.78 is 4.54. The molecule has 100 valence electrons. The van der Waals surface area contributed by atoms with Gasteiger partial charge in [0.25, 0.3) is 0 Å². The van der Waals surface area contributed by atoms with Gasteiger partial charge in [-0.3, -0.25) is 3.71 Å². The van der Waals surface area contributed by atoms with E-state index < -0.39 is 20.4 Å². The third kappa shape index (κ3) is 1.70. The predicted octanol–water partition coefficient (Wildman–Crippen LogP) is 2.51. The smallest absolute Gasteiger partial charge is 0.173 e. The van der Waals surface area contributed by atoms with E-state index in [0.717, 1.165) is 11.3 Å². The van der Waals surface area contributed by atoms with Crippen molar-refractivity contribution in [3.05, 3.63) is 24.7 Å². The second-order valence-corrected chi connectivity index (χ2v) is 13.2. The number of rotatable bonds is 1. The van der Waals surface area contributed by atoms with Crippen LogP contribution in [0, 0.1) is 0 Å². The van der Waals surface area contributed by atoms with E-state index >= 15 is 0 Å². The van der Waals surface area contributed by atoms with Gasteiger partial charge in [0.1, 0.15) is 11.8 Å². The van der Waals surface area contributed by atoms with E-state index in [0.29, 0.717) is 0 Å². The standard InChI is InChI=1S/C12H20N4S2/c1-17(2)8-9-18(3,4)16(17)12-11-6-5-7-15(11)14-10-13-12/h5-7,10H,8-9H2,1-4H3. The minimum Gasteiger partial charge on any atom is -0.279 e. The van der Waals surface area contributed by atoms with Crippen LogP contribution in [0.2, 0.25) is 0 Å². The highest BCUT2D eigenvalue weighted by Crippen LogP contribution is 2.68. The van der Waals surface area contributed by atoms with E-state index in [-0.39, 0.29) is 0 Å². The summed E-state index contributed by atoms with van der Waals surface area (Å²) in [7, 11) is -1.50. The van der Waals surface area contributed by atoms with Crippen molar-refractivity contribution in [3.8, 4) is 0 Å². The molecule has 0 aromatic carbocycles. The first kappa shape index (κ1) is 12.2. The van der Waals surface area contributed by atoms with Crippen molar-refractivity contribution in [1.82, 2.24) is 14.6 Å². The van der Waals surface area contributed by atoms with Crippen LogP contribution in [0.4, 0.5) is 5.82 Å². The van der Waals surface area contributed by atoms with Crippen LogP contribution in [0.1, 0.15) is 0 Å². The van der Waals surface area contributed by atoms with Gasteiger partial charge in [-0.15, -0.1) is 0 Å². The maximum absolute atomic E-state index is 4.59. The molecule has 4 nitrogen and oxygen atoms in total. The van der Waals surface area contributed by atoms with Gasteiger partial charge in [0.15, 0.2) is 5.82 Å². The number of aromatic nitrogens is 3. The van der Waals surface area contributed by atoms with E-state index in [1.165, 1.54) is 11.5 Å². The van der Waals surface area contributed by atoms with Crippen molar-refractivity contribution in [2.45, 2.75) is 0 Å². The highest BCUT2D eigenvalue weighted by Gasteiger charge is 2.40. The SMILES string of the molecule is CS1(C)CCS(C)(C)N1c1ncnn2cccc12. The van der Waals surface area contributed by atoms with Crippen molar-refractivity contribution in [1.29, 1.82) is 0 Å². The summed E-state index contributed by atoms with van der Waals surface area (Å²) in [6, 6.07) is 4.15. The molecule has 6 heteroatoms. The molecule has 0 aliphatic carbocycles. The van der Waals surface area contributed by atoms with E-state index in [9.17, 15) is 0 Å². The molecule has 0 N–H and O–H groups in total. The van der Waals surface area contributed by atoms with Crippen LogP contribution >= 0.6 is 20.4 Å². The Morgan fingerprint density at radius 2 is 1.78 bits per heavy atom. The van der Waals surface area contributed by atoms with Crippen LogP contribution in [-0.4, -0.2) is 51.1 Å². The summed E-state index contributed by atoms with van der Waals surface area (Å²) in [5.74, 6) is 3.74. The molecule has 0 radical (unpaired) electrons. The van der Waals surface area contributed by atoms with Gasteiger partial charge in [-0.05, 0) is 37.2 Å². The van der Waals surface area contributed by atoms with Gasteiger partial charge in [0.05, 0.1) is 0 Å². The molecule has 0 amide bonds. The van der Waals surface area contributed by atoms with E-state index in [2.05, 4.69) is 44.9 Å². The van der Waals surface area contributed by atoms with Crippen molar-refractivity contribution in [2.24, 2.45) is 0 Å². The Bertz CT molecular complexity index is 575. The molecule has 3 rings (SSSR count). The molecule has 2 aromatic rings. The Balaban J connectivity index is 2.21. The summed E-state index contributed by atoms with van der Waals surface area (Å²) in [6.45, 7) is 0. The molecule has 1 aliphatic rings. The fourth-order valence-electron chi connectivity index (χ4n) is 2.58. The number of anilines is 1. The lowest BCUT2D eigenvalue weighted by Gasteiger charge is -2.46. The van der Waals surface area contributed by atoms with Gasteiger partial charge in [0, 0.05) is 17.7 Å². The monoisotopic (exact) mass is 284 g/mol. The van der Waals surface area contributed by atoms with Crippen LogP contribution < -0.4 is 3.71 Å². The molecule has 3 heterocycles. The predicted molar refractivity (Wildman–Crippen MR) is 84.1 cm³/mol. The molecular formula is C12H20N4S2. The topological polar surface area (TPSA) is 33.4 Å². The average Bonchev–Trinajstić information content (AvgIpc) is 2.82. The Morgan fingerprint density at radius 1 is 1.11 bits per heavy atom. The van der Waals surface area contributed by atoms with Gasteiger partial charge in [0.2, 0.25) is 0 Å². The van der Waals surface area contributed by atoms with E-state index in [4.69, 9.17) is 0 Å². The van der Waals surface area contributed by atoms with Gasteiger partial charge in [-0.25, -0.2) is 9.50 Å². The maximum atomic E-state index is 4.59. The van der Waals surface area contributed by atoms with Crippen LogP contribution in [0.25, 0.3) is 5.52 Å². The van der Waals surface area contributed by atoms with Gasteiger partial charge >= 0.3 is 0 Å². The summed E-state index contributed by atoms with van der Waals surface area (Å²) in [4.78, 5) is 4.59. The first-order valence-electron chi connectivity index (χ1n) is 5.93.